The van der Waals surface area contributed by atoms with E-state index in [1.54, 1.807) is 25.1 Å². The van der Waals surface area contributed by atoms with E-state index in [0.29, 0.717) is 30.0 Å². The average Bonchev–Trinajstić information content (AvgIpc) is 3.37. The maximum atomic E-state index is 14.2. The standard InChI is InChI=1S/C24H28ClF3N4O4/c1-23(33)10-14(11-23)32-22(24(26,27)28)16(12-29-32)21-17(13-34-4)20(30-36-21)15-6-5-7-18(19(15)25)35-9-8-31(2)3/h5-7,12,14,33H,8-11,13H2,1-4H3/t14-,23+. The van der Waals surface area contributed by atoms with Gasteiger partial charge in [0, 0.05) is 19.2 Å². The lowest BCUT2D eigenvalue weighted by Gasteiger charge is -2.41. The van der Waals surface area contributed by atoms with Gasteiger partial charge in [0.15, 0.2) is 11.5 Å². The van der Waals surface area contributed by atoms with Crippen molar-refractivity contribution in [1.82, 2.24) is 19.8 Å². The van der Waals surface area contributed by atoms with E-state index >= 15 is 0 Å². The van der Waals surface area contributed by atoms with Gasteiger partial charge in [-0.05, 0) is 39.9 Å². The van der Waals surface area contributed by atoms with Gasteiger partial charge in [-0.15, -0.1) is 0 Å². The zero-order valence-electron chi connectivity index (χ0n) is 20.4. The van der Waals surface area contributed by atoms with Gasteiger partial charge in [0.1, 0.15) is 18.1 Å². The fraction of sp³-hybridized carbons (Fsp3) is 0.500. The van der Waals surface area contributed by atoms with Crippen LogP contribution in [0.2, 0.25) is 5.02 Å². The molecule has 0 spiro atoms. The van der Waals surface area contributed by atoms with E-state index in [4.69, 9.17) is 25.6 Å². The van der Waals surface area contributed by atoms with Crippen molar-refractivity contribution < 1.29 is 32.3 Å². The SMILES string of the molecule is COCc1c(-c2cccc(OCCN(C)C)c2Cl)noc1-c1cnn([C@H]2C[C@@](C)(O)C2)c1C(F)(F)F. The predicted octanol–water partition coefficient (Wildman–Crippen LogP) is 5.05. The van der Waals surface area contributed by atoms with Crippen LogP contribution in [0.1, 0.15) is 37.1 Å². The smallest absolute Gasteiger partial charge is 0.433 e. The molecule has 0 radical (unpaired) electrons. The van der Waals surface area contributed by atoms with Gasteiger partial charge in [0.2, 0.25) is 0 Å². The molecule has 0 atom stereocenters. The van der Waals surface area contributed by atoms with Crippen molar-refractivity contribution in [1.29, 1.82) is 0 Å². The molecule has 196 valence electrons. The number of likely N-dealkylation sites (N-methyl/N-ethyl adjacent to an activating group) is 1. The number of hydrogen-bond acceptors (Lipinski definition) is 7. The minimum Gasteiger partial charge on any atom is -0.491 e. The second kappa shape index (κ2) is 10.0. The summed E-state index contributed by atoms with van der Waals surface area (Å²) in [6.45, 7) is 2.58. The van der Waals surface area contributed by atoms with Crippen molar-refractivity contribution in [2.24, 2.45) is 0 Å². The molecule has 2 heterocycles. The molecular weight excluding hydrogens is 501 g/mol. The number of ether oxygens (including phenoxy) is 2. The highest BCUT2D eigenvalue weighted by Gasteiger charge is 2.47. The van der Waals surface area contributed by atoms with Crippen LogP contribution in [0.25, 0.3) is 22.6 Å². The number of methoxy groups -OCH3 is 1. The summed E-state index contributed by atoms with van der Waals surface area (Å²) < 4.78 is 60.1. The van der Waals surface area contributed by atoms with Gasteiger partial charge in [-0.25, -0.2) is 0 Å². The molecule has 0 amide bonds. The Morgan fingerprint density at radius 1 is 1.28 bits per heavy atom. The van der Waals surface area contributed by atoms with Gasteiger partial charge >= 0.3 is 6.18 Å². The molecule has 0 unspecified atom stereocenters. The van der Waals surface area contributed by atoms with Gasteiger partial charge in [-0.1, -0.05) is 28.9 Å². The molecule has 4 rings (SSSR count). The summed E-state index contributed by atoms with van der Waals surface area (Å²) >= 11 is 6.61. The summed E-state index contributed by atoms with van der Waals surface area (Å²) in [6, 6.07) is 4.53. The van der Waals surface area contributed by atoms with E-state index in [9.17, 15) is 18.3 Å². The average molecular weight is 529 g/mol. The van der Waals surface area contributed by atoms with Crippen LogP contribution in [0.15, 0.2) is 28.9 Å². The molecule has 1 N–H and O–H groups in total. The molecule has 1 aliphatic rings. The maximum absolute atomic E-state index is 14.2. The van der Waals surface area contributed by atoms with Gasteiger partial charge in [-0.2, -0.15) is 18.3 Å². The molecule has 1 saturated carbocycles. The Labute approximate surface area is 211 Å². The molecular formula is C24H28ClF3N4O4. The lowest BCUT2D eigenvalue weighted by Crippen LogP contribution is -2.43. The van der Waals surface area contributed by atoms with E-state index in [0.717, 1.165) is 10.9 Å². The topological polar surface area (TPSA) is 85.8 Å². The third-order valence-corrected chi connectivity index (χ3v) is 6.49. The van der Waals surface area contributed by atoms with E-state index in [1.165, 1.54) is 7.11 Å². The molecule has 0 saturated heterocycles. The van der Waals surface area contributed by atoms with Gasteiger partial charge in [0.25, 0.3) is 0 Å². The second-order valence-electron chi connectivity index (χ2n) is 9.45. The largest absolute Gasteiger partial charge is 0.491 e. The Morgan fingerprint density at radius 3 is 2.61 bits per heavy atom. The van der Waals surface area contributed by atoms with E-state index in [2.05, 4.69) is 10.3 Å². The van der Waals surface area contributed by atoms with Crippen LogP contribution in [0.3, 0.4) is 0 Å². The summed E-state index contributed by atoms with van der Waals surface area (Å²) in [4.78, 5) is 1.96. The van der Waals surface area contributed by atoms with Crippen molar-refractivity contribution in [2.45, 2.75) is 44.2 Å². The first-order valence-electron chi connectivity index (χ1n) is 11.3. The molecule has 1 fully saturated rings. The first-order valence-corrected chi connectivity index (χ1v) is 11.7. The van der Waals surface area contributed by atoms with Crippen molar-refractivity contribution in [3.05, 3.63) is 40.7 Å². The molecule has 36 heavy (non-hydrogen) atoms. The molecule has 1 aliphatic carbocycles. The van der Waals surface area contributed by atoms with E-state index in [-0.39, 0.29) is 41.5 Å². The van der Waals surface area contributed by atoms with Crippen LogP contribution >= 0.6 is 11.6 Å². The van der Waals surface area contributed by atoms with E-state index in [1.807, 2.05) is 19.0 Å². The monoisotopic (exact) mass is 528 g/mol. The Balaban J connectivity index is 1.76. The highest BCUT2D eigenvalue weighted by Crippen LogP contribution is 2.47. The Hall–Kier alpha value is -2.60. The minimum atomic E-state index is -4.72. The third-order valence-electron chi connectivity index (χ3n) is 6.10. The number of alkyl halides is 3. The normalized spacial score (nSPS) is 20.1. The highest BCUT2D eigenvalue weighted by atomic mass is 35.5. The van der Waals surface area contributed by atoms with Crippen molar-refractivity contribution in [2.75, 3.05) is 34.4 Å². The molecule has 0 aliphatic heterocycles. The number of benzene rings is 1. The highest BCUT2D eigenvalue weighted by molar-refractivity contribution is 6.34. The predicted molar refractivity (Wildman–Crippen MR) is 127 cm³/mol. The number of rotatable bonds is 9. The number of nitrogens with zero attached hydrogens (tertiary/aromatic N) is 4. The summed E-state index contributed by atoms with van der Waals surface area (Å²) in [5.74, 6) is 0.316. The van der Waals surface area contributed by atoms with E-state index < -0.39 is 23.5 Å². The molecule has 8 nitrogen and oxygen atoms in total. The Bertz CT molecular complexity index is 1210. The van der Waals surface area contributed by atoms with Crippen LogP contribution in [-0.2, 0) is 17.5 Å². The van der Waals surface area contributed by atoms with Gasteiger partial charge in [-0.3, -0.25) is 4.68 Å². The molecule has 0 bridgehead atoms. The number of aromatic nitrogens is 3. The summed E-state index contributed by atoms with van der Waals surface area (Å²) in [7, 11) is 5.26. The summed E-state index contributed by atoms with van der Waals surface area (Å²) in [5, 5.41) is 18.4. The lowest BCUT2D eigenvalue weighted by molar-refractivity contribution is -0.148. The summed E-state index contributed by atoms with van der Waals surface area (Å²) in [5.41, 5.74) is -1.24. The van der Waals surface area contributed by atoms with Crippen molar-refractivity contribution >= 4 is 11.6 Å². The van der Waals surface area contributed by atoms with Gasteiger partial charge < -0.3 is 24.0 Å². The quantitative estimate of drug-likeness (QED) is 0.416. The van der Waals surface area contributed by atoms with Gasteiger partial charge in [0.05, 0.1) is 40.6 Å². The van der Waals surface area contributed by atoms with Crippen LogP contribution in [0.5, 0.6) is 5.75 Å². The zero-order valence-corrected chi connectivity index (χ0v) is 21.2. The number of aliphatic hydroxyl groups is 1. The van der Waals surface area contributed by atoms with Crippen LogP contribution < -0.4 is 4.74 Å². The van der Waals surface area contributed by atoms with Crippen molar-refractivity contribution in [3.8, 4) is 28.3 Å². The minimum absolute atomic E-state index is 0.0726. The maximum Gasteiger partial charge on any atom is 0.433 e. The van der Waals surface area contributed by atoms with Crippen LogP contribution in [0.4, 0.5) is 13.2 Å². The molecule has 1 aromatic carbocycles. The molecule has 2 aromatic heterocycles. The lowest BCUT2D eigenvalue weighted by atomic mass is 9.77. The second-order valence-corrected chi connectivity index (χ2v) is 9.83. The zero-order chi connectivity index (χ0) is 26.3. The van der Waals surface area contributed by atoms with Crippen molar-refractivity contribution in [3.63, 3.8) is 0 Å². The molecule has 3 aromatic rings. The Morgan fingerprint density at radius 2 is 2.00 bits per heavy atom. The fourth-order valence-corrected chi connectivity index (χ4v) is 4.64. The van der Waals surface area contributed by atoms with Crippen LogP contribution in [0, 0.1) is 0 Å². The van der Waals surface area contributed by atoms with Crippen LogP contribution in [-0.4, -0.2) is 64.9 Å². The number of halogens is 4. The number of hydrogen-bond donors (Lipinski definition) is 1. The Kier molecular flexibility index (Phi) is 7.38. The molecule has 12 heteroatoms. The first-order chi connectivity index (χ1) is 16.9. The fourth-order valence-electron chi connectivity index (χ4n) is 4.37. The third kappa shape index (κ3) is 5.24. The summed E-state index contributed by atoms with van der Waals surface area (Å²) in [6.07, 6.45) is -3.27. The first kappa shape index (κ1) is 26.5.